The molecule has 2 unspecified atom stereocenters. The summed E-state index contributed by atoms with van der Waals surface area (Å²) in [5.74, 6) is 1.43. The molecule has 1 aliphatic rings. The van der Waals surface area contributed by atoms with Gasteiger partial charge in [-0.05, 0) is 28.3 Å². The van der Waals surface area contributed by atoms with Crippen molar-refractivity contribution in [2.24, 2.45) is 5.92 Å². The highest BCUT2D eigenvalue weighted by Crippen LogP contribution is 2.26. The van der Waals surface area contributed by atoms with Crippen LogP contribution in [0.4, 0.5) is 5.95 Å². The molecule has 2 heterocycles. The lowest BCUT2D eigenvalue weighted by molar-refractivity contribution is 0.0966. The second kappa shape index (κ2) is 5.18. The van der Waals surface area contributed by atoms with Gasteiger partial charge in [-0.15, -0.1) is 0 Å². The SMILES string of the molecule is COc1nc(N2CCC(O)C(C)C2)ncc1Br. The Labute approximate surface area is 109 Å². The molecule has 1 N–H and O–H groups in total. The standard InChI is InChI=1S/C11H16BrN3O2/c1-7-6-15(4-3-9(7)16)11-13-5-8(12)10(14-11)17-2/h5,7,9,16H,3-4,6H2,1-2H3. The van der Waals surface area contributed by atoms with E-state index in [1.165, 1.54) is 0 Å². The number of hydrogen-bond acceptors (Lipinski definition) is 5. The number of anilines is 1. The molecule has 5 nitrogen and oxygen atoms in total. The molecule has 0 aliphatic carbocycles. The van der Waals surface area contributed by atoms with Crippen molar-refractivity contribution in [1.82, 2.24) is 9.97 Å². The average Bonchev–Trinajstić information content (AvgIpc) is 2.33. The number of piperidine rings is 1. The summed E-state index contributed by atoms with van der Waals surface area (Å²) in [4.78, 5) is 10.7. The lowest BCUT2D eigenvalue weighted by atomic mass is 9.97. The van der Waals surface area contributed by atoms with Crippen molar-refractivity contribution in [3.63, 3.8) is 0 Å². The van der Waals surface area contributed by atoms with Gasteiger partial charge >= 0.3 is 0 Å². The van der Waals surface area contributed by atoms with Crippen molar-refractivity contribution in [3.05, 3.63) is 10.7 Å². The molecule has 0 bridgehead atoms. The first-order chi connectivity index (χ1) is 8.11. The van der Waals surface area contributed by atoms with E-state index >= 15 is 0 Å². The minimum atomic E-state index is -0.219. The van der Waals surface area contributed by atoms with Crippen LogP contribution in [0.5, 0.6) is 5.88 Å². The van der Waals surface area contributed by atoms with E-state index in [0.717, 1.165) is 24.0 Å². The molecule has 2 atom stereocenters. The Balaban J connectivity index is 2.17. The summed E-state index contributed by atoms with van der Waals surface area (Å²) < 4.78 is 5.89. The van der Waals surface area contributed by atoms with E-state index in [9.17, 15) is 5.11 Å². The fourth-order valence-electron chi connectivity index (χ4n) is 1.95. The van der Waals surface area contributed by atoms with Crippen LogP contribution in [0.2, 0.25) is 0 Å². The fourth-order valence-corrected chi connectivity index (χ4v) is 2.31. The Hall–Kier alpha value is -0.880. The molecular formula is C11H16BrN3O2. The first-order valence-electron chi connectivity index (χ1n) is 5.61. The van der Waals surface area contributed by atoms with Gasteiger partial charge in [0.15, 0.2) is 0 Å². The zero-order valence-corrected chi connectivity index (χ0v) is 11.5. The van der Waals surface area contributed by atoms with Crippen LogP contribution < -0.4 is 9.64 Å². The van der Waals surface area contributed by atoms with Gasteiger partial charge in [0.05, 0.1) is 23.9 Å². The second-order valence-corrected chi connectivity index (χ2v) is 5.16. The van der Waals surface area contributed by atoms with Crippen molar-refractivity contribution in [2.45, 2.75) is 19.4 Å². The van der Waals surface area contributed by atoms with Crippen LogP contribution in [0.1, 0.15) is 13.3 Å². The number of nitrogens with zero attached hydrogens (tertiary/aromatic N) is 3. The van der Waals surface area contributed by atoms with Gasteiger partial charge in [-0.3, -0.25) is 0 Å². The number of ether oxygens (including phenoxy) is 1. The minimum absolute atomic E-state index is 0.219. The molecule has 1 aromatic heterocycles. The summed E-state index contributed by atoms with van der Waals surface area (Å²) in [6.45, 7) is 3.58. The lowest BCUT2D eigenvalue weighted by Crippen LogP contribution is -2.42. The Morgan fingerprint density at radius 1 is 1.59 bits per heavy atom. The molecule has 0 spiro atoms. The van der Waals surface area contributed by atoms with E-state index in [4.69, 9.17) is 4.74 Å². The van der Waals surface area contributed by atoms with Gasteiger partial charge in [-0.25, -0.2) is 4.98 Å². The lowest BCUT2D eigenvalue weighted by Gasteiger charge is -2.34. The molecule has 1 saturated heterocycles. The second-order valence-electron chi connectivity index (χ2n) is 4.31. The summed E-state index contributed by atoms with van der Waals surface area (Å²) >= 11 is 3.33. The largest absolute Gasteiger partial charge is 0.480 e. The first-order valence-corrected chi connectivity index (χ1v) is 6.40. The zero-order valence-electron chi connectivity index (χ0n) is 9.93. The third-order valence-electron chi connectivity index (χ3n) is 3.04. The van der Waals surface area contributed by atoms with E-state index in [2.05, 4.69) is 30.8 Å². The molecule has 94 valence electrons. The predicted octanol–water partition coefficient (Wildman–Crippen LogP) is 1.45. The van der Waals surface area contributed by atoms with E-state index in [1.807, 2.05) is 6.92 Å². The van der Waals surface area contributed by atoms with E-state index in [1.54, 1.807) is 13.3 Å². The molecule has 0 aromatic carbocycles. The van der Waals surface area contributed by atoms with Crippen molar-refractivity contribution in [1.29, 1.82) is 0 Å². The molecule has 2 rings (SSSR count). The molecule has 0 radical (unpaired) electrons. The van der Waals surface area contributed by atoms with Crippen LogP contribution in [0, 0.1) is 5.92 Å². The summed E-state index contributed by atoms with van der Waals surface area (Å²) in [5, 5.41) is 9.69. The zero-order chi connectivity index (χ0) is 12.4. The molecule has 1 aliphatic heterocycles. The number of rotatable bonds is 2. The van der Waals surface area contributed by atoms with E-state index in [-0.39, 0.29) is 12.0 Å². The molecule has 1 aromatic rings. The summed E-state index contributed by atoms with van der Waals surface area (Å²) in [6.07, 6.45) is 2.23. The number of methoxy groups -OCH3 is 1. The Morgan fingerprint density at radius 3 is 3.00 bits per heavy atom. The molecule has 0 saturated carbocycles. The van der Waals surface area contributed by atoms with Crippen molar-refractivity contribution in [3.8, 4) is 5.88 Å². The maximum absolute atomic E-state index is 9.69. The summed E-state index contributed by atoms with van der Waals surface area (Å²) in [5.41, 5.74) is 0. The monoisotopic (exact) mass is 301 g/mol. The number of aliphatic hydroxyl groups excluding tert-OH is 1. The third kappa shape index (κ3) is 2.69. The van der Waals surface area contributed by atoms with Crippen LogP contribution in [0.15, 0.2) is 10.7 Å². The van der Waals surface area contributed by atoms with Gasteiger partial charge in [0.25, 0.3) is 0 Å². The van der Waals surface area contributed by atoms with Gasteiger partial charge in [-0.2, -0.15) is 4.98 Å². The van der Waals surface area contributed by atoms with Gasteiger partial charge in [0.1, 0.15) is 0 Å². The fraction of sp³-hybridized carbons (Fsp3) is 0.636. The average molecular weight is 302 g/mol. The minimum Gasteiger partial charge on any atom is -0.480 e. The van der Waals surface area contributed by atoms with Crippen LogP contribution in [-0.2, 0) is 0 Å². The smallest absolute Gasteiger partial charge is 0.232 e. The van der Waals surface area contributed by atoms with Gasteiger partial charge in [0.2, 0.25) is 11.8 Å². The third-order valence-corrected chi connectivity index (χ3v) is 3.58. The quantitative estimate of drug-likeness (QED) is 0.896. The maximum Gasteiger partial charge on any atom is 0.232 e. The molecule has 0 amide bonds. The number of hydrogen-bond donors (Lipinski definition) is 1. The molecule has 6 heteroatoms. The predicted molar refractivity (Wildman–Crippen MR) is 68.3 cm³/mol. The topological polar surface area (TPSA) is 58.5 Å². The molecule has 17 heavy (non-hydrogen) atoms. The van der Waals surface area contributed by atoms with Crippen molar-refractivity contribution < 1.29 is 9.84 Å². The number of aliphatic hydroxyl groups is 1. The number of aromatic nitrogens is 2. The Morgan fingerprint density at radius 2 is 2.35 bits per heavy atom. The highest BCUT2D eigenvalue weighted by molar-refractivity contribution is 9.10. The highest BCUT2D eigenvalue weighted by Gasteiger charge is 2.26. The van der Waals surface area contributed by atoms with E-state index < -0.39 is 0 Å². The molecular weight excluding hydrogens is 286 g/mol. The molecule has 1 fully saturated rings. The van der Waals surface area contributed by atoms with Crippen molar-refractivity contribution in [2.75, 3.05) is 25.1 Å². The van der Waals surface area contributed by atoms with Crippen LogP contribution in [-0.4, -0.2) is 41.4 Å². The van der Waals surface area contributed by atoms with E-state index in [0.29, 0.717) is 11.8 Å². The summed E-state index contributed by atoms with van der Waals surface area (Å²) in [6, 6.07) is 0. The normalized spacial score (nSPS) is 24.8. The van der Waals surface area contributed by atoms with Crippen LogP contribution in [0.25, 0.3) is 0 Å². The first kappa shape index (κ1) is 12.6. The van der Waals surface area contributed by atoms with Gasteiger partial charge in [-0.1, -0.05) is 6.92 Å². The Kier molecular flexibility index (Phi) is 3.83. The highest BCUT2D eigenvalue weighted by atomic mass is 79.9. The Bertz CT molecular complexity index is 402. The van der Waals surface area contributed by atoms with Crippen LogP contribution >= 0.6 is 15.9 Å². The maximum atomic E-state index is 9.69. The van der Waals surface area contributed by atoms with Crippen LogP contribution in [0.3, 0.4) is 0 Å². The van der Waals surface area contributed by atoms with Gasteiger partial charge < -0.3 is 14.7 Å². The summed E-state index contributed by atoms with van der Waals surface area (Å²) in [7, 11) is 1.58. The van der Waals surface area contributed by atoms with Crippen molar-refractivity contribution >= 4 is 21.9 Å². The number of halogens is 1. The van der Waals surface area contributed by atoms with Gasteiger partial charge in [0, 0.05) is 13.1 Å².